The molecule has 0 amide bonds. The van der Waals surface area contributed by atoms with Gasteiger partial charge in [0.2, 0.25) is 0 Å². The molecule has 2 heterocycles. The maximum Gasteiger partial charge on any atom is 0.327 e. The van der Waals surface area contributed by atoms with Crippen molar-refractivity contribution in [3.8, 4) is 11.4 Å². The molecule has 1 aromatic carbocycles. The highest BCUT2D eigenvalue weighted by Gasteiger charge is 2.33. The van der Waals surface area contributed by atoms with Crippen molar-refractivity contribution in [2.45, 2.75) is 6.04 Å². The fourth-order valence-corrected chi connectivity index (χ4v) is 3.32. The minimum atomic E-state index is -0.862. The van der Waals surface area contributed by atoms with Crippen LogP contribution in [0.2, 0.25) is 0 Å². The highest BCUT2D eigenvalue weighted by Crippen LogP contribution is 2.30. The number of H-pyrrole nitrogens is 1. The molecule has 7 heteroatoms. The number of nitrogens with one attached hydrogen (secondary N) is 1. The summed E-state index contributed by atoms with van der Waals surface area (Å²) in [5.74, 6) is -0.189. The predicted octanol–water partition coefficient (Wildman–Crippen LogP) is 2.21. The van der Waals surface area contributed by atoms with Gasteiger partial charge in [-0.1, -0.05) is 30.3 Å². The molecule has 23 heavy (non-hydrogen) atoms. The van der Waals surface area contributed by atoms with E-state index in [-0.39, 0.29) is 0 Å². The van der Waals surface area contributed by atoms with Gasteiger partial charge < -0.3 is 15.0 Å². The van der Waals surface area contributed by atoms with Crippen molar-refractivity contribution in [3.05, 3.63) is 40.6 Å². The van der Waals surface area contributed by atoms with Crippen LogP contribution in [0.5, 0.6) is 0 Å². The molecule has 1 saturated heterocycles. The van der Waals surface area contributed by atoms with E-state index in [9.17, 15) is 9.90 Å². The number of benzene rings is 1. The number of hydrogen-bond donors (Lipinski definition) is 2. The molecule has 122 valence electrons. The van der Waals surface area contributed by atoms with Crippen LogP contribution in [0.25, 0.3) is 11.4 Å². The largest absolute Gasteiger partial charge is 0.480 e. The van der Waals surface area contributed by atoms with E-state index in [4.69, 9.17) is 0 Å². The Hall–Kier alpha value is -1.70. The molecule has 1 aromatic heterocycles. The Balaban J connectivity index is 1.91. The average Bonchev–Trinajstić information content (AvgIpc) is 2.92. The van der Waals surface area contributed by atoms with Crippen molar-refractivity contribution in [1.29, 1.82) is 0 Å². The SMILES string of the molecule is CN1CCN(C(C(=O)O)c2[nH]c(-c3ccccc3)nc2Br)CC1. The molecule has 0 bridgehead atoms. The standard InChI is InChI=1S/C16H19BrN4O2/c1-20-7-9-21(10-8-20)13(16(22)23)12-14(17)19-15(18-12)11-5-3-2-4-6-11/h2-6,13H,7-10H2,1H3,(H,18,19)(H,22,23). The van der Waals surface area contributed by atoms with E-state index in [1.54, 1.807) is 0 Å². The van der Waals surface area contributed by atoms with Gasteiger partial charge in [-0.3, -0.25) is 9.69 Å². The van der Waals surface area contributed by atoms with Crippen LogP contribution in [-0.4, -0.2) is 64.1 Å². The Morgan fingerprint density at radius 3 is 2.52 bits per heavy atom. The molecule has 0 radical (unpaired) electrons. The molecule has 0 spiro atoms. The second-order valence-electron chi connectivity index (χ2n) is 5.74. The lowest BCUT2D eigenvalue weighted by Crippen LogP contribution is -2.48. The Morgan fingerprint density at radius 2 is 1.91 bits per heavy atom. The zero-order valence-corrected chi connectivity index (χ0v) is 14.5. The van der Waals surface area contributed by atoms with Gasteiger partial charge in [-0.2, -0.15) is 0 Å². The zero-order valence-electron chi connectivity index (χ0n) is 12.9. The van der Waals surface area contributed by atoms with E-state index >= 15 is 0 Å². The Bertz CT molecular complexity index is 681. The number of aromatic nitrogens is 2. The molecule has 1 aliphatic heterocycles. The molecular formula is C16H19BrN4O2. The first kappa shape index (κ1) is 16.2. The van der Waals surface area contributed by atoms with Gasteiger partial charge in [-0.05, 0) is 23.0 Å². The lowest BCUT2D eigenvalue weighted by molar-refractivity contribution is -0.144. The summed E-state index contributed by atoms with van der Waals surface area (Å²) in [6.45, 7) is 3.17. The number of piperazine rings is 1. The predicted molar refractivity (Wildman–Crippen MR) is 91.2 cm³/mol. The summed E-state index contributed by atoms with van der Waals surface area (Å²) in [5, 5.41) is 9.73. The lowest BCUT2D eigenvalue weighted by atomic mass is 10.1. The summed E-state index contributed by atoms with van der Waals surface area (Å²) in [7, 11) is 2.05. The van der Waals surface area contributed by atoms with Crippen molar-refractivity contribution in [3.63, 3.8) is 0 Å². The minimum absolute atomic E-state index is 0.558. The highest BCUT2D eigenvalue weighted by molar-refractivity contribution is 9.10. The highest BCUT2D eigenvalue weighted by atomic mass is 79.9. The van der Waals surface area contributed by atoms with Crippen LogP contribution in [0.3, 0.4) is 0 Å². The minimum Gasteiger partial charge on any atom is -0.480 e. The van der Waals surface area contributed by atoms with Crippen molar-refractivity contribution in [2.24, 2.45) is 0 Å². The normalized spacial score (nSPS) is 18.0. The second-order valence-corrected chi connectivity index (χ2v) is 6.49. The van der Waals surface area contributed by atoms with Gasteiger partial charge in [0.05, 0.1) is 5.69 Å². The van der Waals surface area contributed by atoms with Gasteiger partial charge in [0.1, 0.15) is 10.4 Å². The van der Waals surface area contributed by atoms with E-state index in [2.05, 4.69) is 30.8 Å². The smallest absolute Gasteiger partial charge is 0.327 e. The van der Waals surface area contributed by atoms with Crippen LogP contribution >= 0.6 is 15.9 Å². The molecule has 2 N–H and O–H groups in total. The maximum absolute atomic E-state index is 11.9. The first-order chi connectivity index (χ1) is 11.1. The number of aromatic amines is 1. The van der Waals surface area contributed by atoms with Gasteiger partial charge >= 0.3 is 5.97 Å². The topological polar surface area (TPSA) is 72.5 Å². The number of carboxylic acid groups (broad SMARTS) is 1. The summed E-state index contributed by atoms with van der Waals surface area (Å²) < 4.78 is 0.558. The maximum atomic E-state index is 11.9. The van der Waals surface area contributed by atoms with E-state index in [1.807, 2.05) is 42.3 Å². The fourth-order valence-electron chi connectivity index (χ4n) is 2.82. The third kappa shape index (κ3) is 3.46. The first-order valence-corrected chi connectivity index (χ1v) is 8.32. The molecule has 0 aliphatic carbocycles. The molecule has 1 atom stereocenters. The van der Waals surface area contributed by atoms with Crippen molar-refractivity contribution in [2.75, 3.05) is 33.2 Å². The van der Waals surface area contributed by atoms with Crippen molar-refractivity contribution >= 4 is 21.9 Å². The van der Waals surface area contributed by atoms with Crippen molar-refractivity contribution < 1.29 is 9.90 Å². The molecule has 1 unspecified atom stereocenters. The Labute approximate surface area is 143 Å². The molecule has 0 saturated carbocycles. The number of imidazole rings is 1. The summed E-state index contributed by atoms with van der Waals surface area (Å²) in [4.78, 5) is 23.7. The van der Waals surface area contributed by atoms with E-state index < -0.39 is 12.0 Å². The number of carbonyl (C=O) groups is 1. The molecule has 3 rings (SSSR count). The third-order valence-electron chi connectivity index (χ3n) is 4.14. The Morgan fingerprint density at radius 1 is 1.26 bits per heavy atom. The molecule has 1 aliphatic rings. The van der Waals surface area contributed by atoms with Gasteiger partial charge in [0, 0.05) is 31.7 Å². The zero-order chi connectivity index (χ0) is 16.4. The molecule has 1 fully saturated rings. The van der Waals surface area contributed by atoms with Gasteiger partial charge in [0.15, 0.2) is 6.04 Å². The van der Waals surface area contributed by atoms with Crippen LogP contribution < -0.4 is 0 Å². The van der Waals surface area contributed by atoms with E-state index in [0.717, 1.165) is 31.7 Å². The monoisotopic (exact) mass is 378 g/mol. The van der Waals surface area contributed by atoms with Crippen LogP contribution in [-0.2, 0) is 4.79 Å². The van der Waals surface area contributed by atoms with Crippen LogP contribution in [0.15, 0.2) is 34.9 Å². The van der Waals surface area contributed by atoms with Gasteiger partial charge in [-0.25, -0.2) is 4.98 Å². The molecule has 2 aromatic rings. The van der Waals surface area contributed by atoms with Gasteiger partial charge in [-0.15, -0.1) is 0 Å². The van der Waals surface area contributed by atoms with Gasteiger partial charge in [0.25, 0.3) is 0 Å². The fraction of sp³-hybridized carbons (Fsp3) is 0.375. The number of aliphatic carboxylic acids is 1. The number of rotatable bonds is 4. The number of halogens is 1. The summed E-state index contributed by atoms with van der Waals surface area (Å²) in [6, 6.07) is 8.97. The Kier molecular flexibility index (Phi) is 4.79. The quantitative estimate of drug-likeness (QED) is 0.853. The average molecular weight is 379 g/mol. The summed E-state index contributed by atoms with van der Waals surface area (Å²) >= 11 is 3.42. The van der Waals surface area contributed by atoms with E-state index in [1.165, 1.54) is 0 Å². The van der Waals surface area contributed by atoms with Crippen LogP contribution in [0.4, 0.5) is 0 Å². The number of nitrogens with zero attached hydrogens (tertiary/aromatic N) is 3. The van der Waals surface area contributed by atoms with Crippen LogP contribution in [0, 0.1) is 0 Å². The third-order valence-corrected chi connectivity index (χ3v) is 4.75. The second kappa shape index (κ2) is 6.82. The molecule has 6 nitrogen and oxygen atoms in total. The first-order valence-electron chi connectivity index (χ1n) is 7.52. The number of carboxylic acids is 1. The van der Waals surface area contributed by atoms with Crippen molar-refractivity contribution in [1.82, 2.24) is 19.8 Å². The number of hydrogen-bond acceptors (Lipinski definition) is 4. The summed E-state index contributed by atoms with van der Waals surface area (Å²) in [6.07, 6.45) is 0. The molecular weight excluding hydrogens is 360 g/mol. The van der Waals surface area contributed by atoms with Crippen LogP contribution in [0.1, 0.15) is 11.7 Å². The number of likely N-dealkylation sites (N-methyl/N-ethyl adjacent to an activating group) is 1. The lowest BCUT2D eigenvalue weighted by Gasteiger charge is -2.35. The van der Waals surface area contributed by atoms with E-state index in [0.29, 0.717) is 16.1 Å². The summed E-state index contributed by atoms with van der Waals surface area (Å²) in [5.41, 5.74) is 1.53.